The first kappa shape index (κ1) is 11.5. The number of benzene rings is 1. The minimum absolute atomic E-state index is 0.142. The SMILES string of the molecule is CNc1ccc(C(=O)Nc2cnns2)c(C)c1. The summed E-state index contributed by atoms with van der Waals surface area (Å²) >= 11 is 1.15. The highest BCUT2D eigenvalue weighted by Gasteiger charge is 2.10. The number of hydrogen-bond acceptors (Lipinski definition) is 5. The van der Waals surface area contributed by atoms with Gasteiger partial charge in [-0.1, -0.05) is 4.49 Å². The summed E-state index contributed by atoms with van der Waals surface area (Å²) in [5.74, 6) is -0.142. The third-order valence-electron chi connectivity index (χ3n) is 2.36. The van der Waals surface area contributed by atoms with E-state index in [2.05, 4.69) is 20.2 Å². The Morgan fingerprint density at radius 2 is 2.24 bits per heavy atom. The van der Waals surface area contributed by atoms with Gasteiger partial charge in [0.2, 0.25) is 0 Å². The molecule has 0 fully saturated rings. The van der Waals surface area contributed by atoms with Crippen molar-refractivity contribution in [2.75, 3.05) is 17.7 Å². The molecule has 0 aliphatic rings. The Kier molecular flexibility index (Phi) is 3.34. The lowest BCUT2D eigenvalue weighted by Gasteiger charge is -2.07. The molecule has 88 valence electrons. The van der Waals surface area contributed by atoms with Gasteiger partial charge in [-0.15, -0.1) is 5.10 Å². The first-order valence-electron chi connectivity index (χ1n) is 5.08. The van der Waals surface area contributed by atoms with Crippen molar-refractivity contribution in [3.8, 4) is 0 Å². The van der Waals surface area contributed by atoms with Crippen LogP contribution in [0.15, 0.2) is 24.4 Å². The van der Waals surface area contributed by atoms with E-state index in [1.54, 1.807) is 6.07 Å². The summed E-state index contributed by atoms with van der Waals surface area (Å²) in [4.78, 5) is 12.0. The first-order valence-corrected chi connectivity index (χ1v) is 5.85. The second kappa shape index (κ2) is 4.92. The topological polar surface area (TPSA) is 66.9 Å². The molecule has 6 heteroatoms. The summed E-state index contributed by atoms with van der Waals surface area (Å²) in [6.45, 7) is 1.90. The number of aryl methyl sites for hydroxylation is 1. The number of carbonyl (C=O) groups is 1. The van der Waals surface area contributed by atoms with Crippen molar-refractivity contribution < 1.29 is 4.79 Å². The van der Waals surface area contributed by atoms with Gasteiger partial charge in [-0.05, 0) is 30.7 Å². The number of rotatable bonds is 3. The highest BCUT2D eigenvalue weighted by molar-refractivity contribution is 7.10. The smallest absolute Gasteiger partial charge is 0.256 e. The molecule has 0 bridgehead atoms. The molecular weight excluding hydrogens is 236 g/mol. The normalized spacial score (nSPS) is 10.0. The third kappa shape index (κ3) is 2.59. The van der Waals surface area contributed by atoms with Crippen molar-refractivity contribution >= 4 is 28.1 Å². The van der Waals surface area contributed by atoms with Gasteiger partial charge < -0.3 is 10.6 Å². The Morgan fingerprint density at radius 1 is 1.41 bits per heavy atom. The monoisotopic (exact) mass is 248 g/mol. The fraction of sp³-hybridized carbons (Fsp3) is 0.182. The minimum Gasteiger partial charge on any atom is -0.388 e. The van der Waals surface area contributed by atoms with Gasteiger partial charge in [0.1, 0.15) is 5.00 Å². The zero-order valence-electron chi connectivity index (χ0n) is 9.52. The summed E-state index contributed by atoms with van der Waals surface area (Å²) in [7, 11) is 1.84. The van der Waals surface area contributed by atoms with Gasteiger partial charge in [-0.25, -0.2) is 0 Å². The lowest BCUT2D eigenvalue weighted by atomic mass is 10.1. The average Bonchev–Trinajstić information content (AvgIpc) is 2.81. The van der Waals surface area contributed by atoms with Gasteiger partial charge in [0, 0.05) is 29.8 Å². The maximum Gasteiger partial charge on any atom is 0.256 e. The van der Waals surface area contributed by atoms with Crippen LogP contribution in [0.2, 0.25) is 0 Å². The van der Waals surface area contributed by atoms with Gasteiger partial charge in [-0.3, -0.25) is 4.79 Å². The lowest BCUT2D eigenvalue weighted by Crippen LogP contribution is -2.12. The second-order valence-corrected chi connectivity index (χ2v) is 4.30. The summed E-state index contributed by atoms with van der Waals surface area (Å²) in [6.07, 6.45) is 1.53. The Morgan fingerprint density at radius 3 is 2.82 bits per heavy atom. The van der Waals surface area contributed by atoms with Crippen LogP contribution in [-0.2, 0) is 0 Å². The van der Waals surface area contributed by atoms with E-state index in [0.29, 0.717) is 10.6 Å². The fourth-order valence-electron chi connectivity index (χ4n) is 1.48. The molecule has 1 amide bonds. The Hall–Kier alpha value is -1.95. The molecule has 0 atom stereocenters. The number of nitrogens with zero attached hydrogens (tertiary/aromatic N) is 2. The molecule has 2 N–H and O–H groups in total. The summed E-state index contributed by atoms with van der Waals surface area (Å²) in [5.41, 5.74) is 2.56. The van der Waals surface area contributed by atoms with Crippen LogP contribution in [0.5, 0.6) is 0 Å². The molecule has 0 radical (unpaired) electrons. The largest absolute Gasteiger partial charge is 0.388 e. The van der Waals surface area contributed by atoms with Crippen molar-refractivity contribution in [1.29, 1.82) is 0 Å². The van der Waals surface area contributed by atoms with Gasteiger partial charge in [0.15, 0.2) is 0 Å². The van der Waals surface area contributed by atoms with Crippen LogP contribution >= 0.6 is 11.5 Å². The predicted octanol–water partition coefficient (Wildman–Crippen LogP) is 2.14. The molecule has 1 heterocycles. The van der Waals surface area contributed by atoms with Crippen LogP contribution in [0.4, 0.5) is 10.7 Å². The van der Waals surface area contributed by atoms with Crippen molar-refractivity contribution in [2.45, 2.75) is 6.92 Å². The number of carbonyl (C=O) groups excluding carboxylic acids is 1. The number of aromatic nitrogens is 2. The first-order chi connectivity index (χ1) is 8.20. The molecule has 0 saturated heterocycles. The Bertz CT molecular complexity index is 524. The highest BCUT2D eigenvalue weighted by atomic mass is 32.1. The van der Waals surface area contributed by atoms with Gasteiger partial charge in [0.25, 0.3) is 5.91 Å². The minimum atomic E-state index is -0.142. The van der Waals surface area contributed by atoms with Crippen LogP contribution in [0, 0.1) is 6.92 Å². The molecule has 0 unspecified atom stereocenters. The molecular formula is C11H12N4OS. The predicted molar refractivity (Wildman–Crippen MR) is 68.6 cm³/mol. The zero-order chi connectivity index (χ0) is 12.3. The van der Waals surface area contributed by atoms with Gasteiger partial charge in [0.05, 0.1) is 6.20 Å². The van der Waals surface area contributed by atoms with Crippen molar-refractivity contribution in [3.63, 3.8) is 0 Å². The van der Waals surface area contributed by atoms with Gasteiger partial charge >= 0.3 is 0 Å². The van der Waals surface area contributed by atoms with E-state index < -0.39 is 0 Å². The van der Waals surface area contributed by atoms with Gasteiger partial charge in [-0.2, -0.15) is 0 Å². The number of nitrogens with one attached hydrogen (secondary N) is 2. The van der Waals surface area contributed by atoms with E-state index in [-0.39, 0.29) is 5.91 Å². The molecule has 5 nitrogen and oxygen atoms in total. The van der Waals surface area contributed by atoms with Crippen molar-refractivity contribution in [2.24, 2.45) is 0 Å². The van der Waals surface area contributed by atoms with Crippen LogP contribution in [0.1, 0.15) is 15.9 Å². The molecule has 0 aliphatic carbocycles. The van der Waals surface area contributed by atoms with Crippen LogP contribution < -0.4 is 10.6 Å². The maximum atomic E-state index is 12.0. The molecule has 17 heavy (non-hydrogen) atoms. The number of amides is 1. The summed E-state index contributed by atoms with van der Waals surface area (Å²) in [5, 5.41) is 10.1. The van der Waals surface area contributed by atoms with Crippen LogP contribution in [0.25, 0.3) is 0 Å². The Balaban J connectivity index is 2.19. The molecule has 1 aromatic carbocycles. The molecule has 0 saturated carbocycles. The molecule has 1 aromatic heterocycles. The van der Waals surface area contributed by atoms with Crippen LogP contribution in [0.3, 0.4) is 0 Å². The average molecular weight is 248 g/mol. The quantitative estimate of drug-likeness (QED) is 0.873. The van der Waals surface area contributed by atoms with E-state index in [0.717, 1.165) is 22.8 Å². The third-order valence-corrected chi connectivity index (χ3v) is 2.94. The lowest BCUT2D eigenvalue weighted by molar-refractivity contribution is 0.102. The van der Waals surface area contributed by atoms with Crippen molar-refractivity contribution in [1.82, 2.24) is 9.59 Å². The molecule has 0 aliphatic heterocycles. The number of anilines is 2. The zero-order valence-corrected chi connectivity index (χ0v) is 10.3. The molecule has 2 rings (SSSR count). The van der Waals surface area contributed by atoms with Crippen molar-refractivity contribution in [3.05, 3.63) is 35.5 Å². The van der Waals surface area contributed by atoms with E-state index in [4.69, 9.17) is 0 Å². The fourth-order valence-corrected chi connectivity index (χ4v) is 1.89. The Labute approximate surface area is 103 Å². The summed E-state index contributed by atoms with van der Waals surface area (Å²) in [6, 6.07) is 5.59. The molecule has 2 aromatic rings. The second-order valence-electron chi connectivity index (χ2n) is 3.52. The van der Waals surface area contributed by atoms with E-state index in [1.165, 1.54) is 6.20 Å². The highest BCUT2D eigenvalue weighted by Crippen LogP contribution is 2.17. The summed E-state index contributed by atoms with van der Waals surface area (Å²) < 4.78 is 3.69. The van der Waals surface area contributed by atoms with E-state index >= 15 is 0 Å². The van der Waals surface area contributed by atoms with E-state index in [9.17, 15) is 4.79 Å². The number of hydrogen-bond donors (Lipinski definition) is 2. The van der Waals surface area contributed by atoms with Crippen LogP contribution in [-0.4, -0.2) is 22.5 Å². The molecule has 0 spiro atoms. The standard InChI is InChI=1S/C11H12N4OS/c1-7-5-8(12-2)3-4-9(7)11(16)14-10-6-13-15-17-10/h3-6,12H,1-2H3,(H,14,16). The maximum absolute atomic E-state index is 12.0. The van der Waals surface area contributed by atoms with E-state index in [1.807, 2.05) is 26.1 Å².